The summed E-state index contributed by atoms with van der Waals surface area (Å²) in [6.45, 7) is 4.89. The van der Waals surface area contributed by atoms with Gasteiger partial charge in [0.2, 0.25) is 5.91 Å². The van der Waals surface area contributed by atoms with E-state index in [1.165, 1.54) is 0 Å². The van der Waals surface area contributed by atoms with Crippen LogP contribution < -0.4 is 10.1 Å². The molecule has 1 aromatic heterocycles. The fraction of sp³-hybridized carbons (Fsp3) is 0.294. The van der Waals surface area contributed by atoms with Crippen molar-refractivity contribution in [3.05, 3.63) is 59.4 Å². The second-order valence-corrected chi connectivity index (χ2v) is 4.96. The number of hydrogen-bond acceptors (Lipinski definition) is 3. The maximum absolute atomic E-state index is 11.8. The van der Waals surface area contributed by atoms with Gasteiger partial charge in [-0.25, -0.2) is 0 Å². The summed E-state index contributed by atoms with van der Waals surface area (Å²) in [7, 11) is 0. The number of amides is 1. The summed E-state index contributed by atoms with van der Waals surface area (Å²) in [6, 6.07) is 9.79. The molecule has 0 unspecified atom stereocenters. The fourth-order valence-corrected chi connectivity index (χ4v) is 2.06. The van der Waals surface area contributed by atoms with Crippen LogP contribution in [0.3, 0.4) is 0 Å². The Labute approximate surface area is 125 Å². The molecule has 0 saturated carbocycles. The first kappa shape index (κ1) is 15.0. The number of carbonyl (C=O) groups excluding carboxylic acids is 1. The molecular formula is C17H20N2O2. The molecule has 0 saturated heterocycles. The first-order chi connectivity index (χ1) is 10.2. The van der Waals surface area contributed by atoms with Gasteiger partial charge in [-0.1, -0.05) is 24.3 Å². The Hall–Kier alpha value is -2.36. The Bertz CT molecular complexity index is 577. The average Bonchev–Trinajstić information content (AvgIpc) is 2.49. The van der Waals surface area contributed by atoms with Crippen LogP contribution >= 0.6 is 0 Å². The molecular weight excluding hydrogens is 264 g/mol. The summed E-state index contributed by atoms with van der Waals surface area (Å²) < 4.78 is 5.72. The fourth-order valence-electron chi connectivity index (χ4n) is 2.06. The van der Waals surface area contributed by atoms with Crippen LogP contribution in [0.25, 0.3) is 0 Å². The molecule has 0 bridgehead atoms. The van der Waals surface area contributed by atoms with E-state index in [0.717, 1.165) is 22.4 Å². The van der Waals surface area contributed by atoms with E-state index in [1.807, 2.05) is 44.2 Å². The van der Waals surface area contributed by atoms with Gasteiger partial charge in [-0.2, -0.15) is 0 Å². The summed E-state index contributed by atoms with van der Waals surface area (Å²) in [5.74, 6) is 0.850. The van der Waals surface area contributed by atoms with Crippen molar-refractivity contribution in [2.45, 2.75) is 26.8 Å². The molecule has 1 aromatic carbocycles. The molecule has 4 heteroatoms. The van der Waals surface area contributed by atoms with Gasteiger partial charge in [0.25, 0.3) is 0 Å². The van der Waals surface area contributed by atoms with E-state index in [4.69, 9.17) is 4.74 Å². The normalized spacial score (nSPS) is 10.2. The van der Waals surface area contributed by atoms with Gasteiger partial charge in [-0.3, -0.25) is 9.78 Å². The van der Waals surface area contributed by atoms with Gasteiger partial charge in [-0.05, 0) is 36.6 Å². The van der Waals surface area contributed by atoms with E-state index in [1.54, 1.807) is 12.4 Å². The summed E-state index contributed by atoms with van der Waals surface area (Å²) in [5.41, 5.74) is 3.16. The van der Waals surface area contributed by atoms with E-state index in [-0.39, 0.29) is 5.91 Å². The summed E-state index contributed by atoms with van der Waals surface area (Å²) in [4.78, 5) is 15.8. The maximum atomic E-state index is 11.8. The monoisotopic (exact) mass is 284 g/mol. The minimum atomic E-state index is -0.0231. The third kappa shape index (κ3) is 4.60. The molecule has 21 heavy (non-hydrogen) atoms. The van der Waals surface area contributed by atoms with Gasteiger partial charge in [0.15, 0.2) is 0 Å². The number of benzene rings is 1. The number of para-hydroxylation sites is 1. The van der Waals surface area contributed by atoms with Gasteiger partial charge in [0.1, 0.15) is 5.75 Å². The van der Waals surface area contributed by atoms with Crippen LogP contribution in [-0.2, 0) is 11.3 Å². The zero-order valence-electron chi connectivity index (χ0n) is 12.4. The number of nitrogens with one attached hydrogen (secondary N) is 1. The molecule has 0 radical (unpaired) electrons. The highest BCUT2D eigenvalue weighted by Crippen LogP contribution is 2.22. The van der Waals surface area contributed by atoms with Crippen molar-refractivity contribution < 1.29 is 9.53 Å². The van der Waals surface area contributed by atoms with Crippen LogP contribution in [0.2, 0.25) is 0 Å². The van der Waals surface area contributed by atoms with Crippen molar-refractivity contribution in [3.8, 4) is 5.75 Å². The molecule has 1 amide bonds. The third-order valence-corrected chi connectivity index (χ3v) is 3.20. The maximum Gasteiger partial charge on any atom is 0.223 e. The minimum absolute atomic E-state index is 0.0231. The zero-order chi connectivity index (χ0) is 15.1. The number of pyridine rings is 1. The van der Waals surface area contributed by atoms with Crippen molar-refractivity contribution in [2.24, 2.45) is 0 Å². The van der Waals surface area contributed by atoms with Crippen LogP contribution in [0.1, 0.15) is 23.1 Å². The lowest BCUT2D eigenvalue weighted by Crippen LogP contribution is -2.24. The quantitative estimate of drug-likeness (QED) is 0.887. The van der Waals surface area contributed by atoms with Crippen LogP contribution in [0.4, 0.5) is 0 Å². The first-order valence-corrected chi connectivity index (χ1v) is 7.01. The number of hydrogen-bond donors (Lipinski definition) is 1. The lowest BCUT2D eigenvalue weighted by Gasteiger charge is -2.11. The van der Waals surface area contributed by atoms with Crippen molar-refractivity contribution in [1.29, 1.82) is 0 Å². The molecule has 2 rings (SSSR count). The Morgan fingerprint density at radius 2 is 1.95 bits per heavy atom. The van der Waals surface area contributed by atoms with E-state index in [2.05, 4.69) is 10.3 Å². The standard InChI is InChI=1S/C17H20N2O2/c1-13-5-3-6-14(2)17(13)21-10-8-16(20)19-12-15-7-4-9-18-11-15/h3-7,9,11H,8,10,12H2,1-2H3,(H,19,20). The number of carbonyl (C=O) groups is 1. The molecule has 0 atom stereocenters. The zero-order valence-corrected chi connectivity index (χ0v) is 12.4. The molecule has 0 spiro atoms. The summed E-state index contributed by atoms with van der Waals surface area (Å²) in [6.07, 6.45) is 3.80. The summed E-state index contributed by atoms with van der Waals surface area (Å²) in [5, 5.41) is 2.86. The highest BCUT2D eigenvalue weighted by molar-refractivity contribution is 5.76. The van der Waals surface area contributed by atoms with Crippen molar-refractivity contribution in [2.75, 3.05) is 6.61 Å². The molecule has 4 nitrogen and oxygen atoms in total. The number of aryl methyl sites for hydroxylation is 2. The molecule has 0 aliphatic carbocycles. The van der Waals surface area contributed by atoms with E-state index in [9.17, 15) is 4.79 Å². The highest BCUT2D eigenvalue weighted by atomic mass is 16.5. The van der Waals surface area contributed by atoms with E-state index < -0.39 is 0 Å². The second kappa shape index (κ2) is 7.43. The smallest absolute Gasteiger partial charge is 0.223 e. The Kier molecular flexibility index (Phi) is 5.32. The van der Waals surface area contributed by atoms with E-state index in [0.29, 0.717) is 19.6 Å². The van der Waals surface area contributed by atoms with E-state index >= 15 is 0 Å². The van der Waals surface area contributed by atoms with Crippen LogP contribution in [0.15, 0.2) is 42.7 Å². The summed E-state index contributed by atoms with van der Waals surface area (Å²) >= 11 is 0. The van der Waals surface area contributed by atoms with Crippen molar-refractivity contribution >= 4 is 5.91 Å². The second-order valence-electron chi connectivity index (χ2n) is 4.96. The lowest BCUT2D eigenvalue weighted by atomic mass is 10.1. The van der Waals surface area contributed by atoms with Crippen LogP contribution in [0.5, 0.6) is 5.75 Å². The van der Waals surface area contributed by atoms with Gasteiger partial charge < -0.3 is 10.1 Å². The number of aromatic nitrogens is 1. The molecule has 1 heterocycles. The number of rotatable bonds is 6. The molecule has 0 fully saturated rings. The lowest BCUT2D eigenvalue weighted by molar-refractivity contribution is -0.121. The van der Waals surface area contributed by atoms with Crippen molar-refractivity contribution in [3.63, 3.8) is 0 Å². The number of nitrogens with zero attached hydrogens (tertiary/aromatic N) is 1. The predicted octanol–water partition coefficient (Wildman–Crippen LogP) is 2.78. The molecule has 0 aliphatic rings. The topological polar surface area (TPSA) is 51.2 Å². The predicted molar refractivity (Wildman–Crippen MR) is 82.1 cm³/mol. The Balaban J connectivity index is 1.75. The van der Waals surface area contributed by atoms with Gasteiger partial charge in [-0.15, -0.1) is 0 Å². The van der Waals surface area contributed by atoms with Gasteiger partial charge in [0, 0.05) is 18.9 Å². The van der Waals surface area contributed by atoms with Gasteiger partial charge in [0.05, 0.1) is 13.0 Å². The Morgan fingerprint density at radius 3 is 2.62 bits per heavy atom. The van der Waals surface area contributed by atoms with Gasteiger partial charge >= 0.3 is 0 Å². The largest absolute Gasteiger partial charge is 0.493 e. The molecule has 110 valence electrons. The average molecular weight is 284 g/mol. The molecule has 1 N–H and O–H groups in total. The van der Waals surface area contributed by atoms with Crippen molar-refractivity contribution in [1.82, 2.24) is 10.3 Å². The minimum Gasteiger partial charge on any atom is -0.493 e. The molecule has 2 aromatic rings. The van der Waals surface area contributed by atoms with Crippen LogP contribution in [0, 0.1) is 13.8 Å². The molecule has 0 aliphatic heterocycles. The third-order valence-electron chi connectivity index (χ3n) is 3.20. The highest BCUT2D eigenvalue weighted by Gasteiger charge is 2.05. The SMILES string of the molecule is Cc1cccc(C)c1OCCC(=O)NCc1cccnc1. The first-order valence-electron chi connectivity index (χ1n) is 7.01. The number of ether oxygens (including phenoxy) is 1. The Morgan fingerprint density at radius 1 is 1.19 bits per heavy atom. The van der Waals surface area contributed by atoms with Crippen LogP contribution in [-0.4, -0.2) is 17.5 Å².